The molecule has 1 saturated carbocycles. The van der Waals surface area contributed by atoms with Crippen LogP contribution in [-0.2, 0) is 14.6 Å². The molecule has 224 valence electrons. The molecular weight excluding hydrogens is 578 g/mol. The first-order chi connectivity index (χ1) is 19.9. The fourth-order valence-electron chi connectivity index (χ4n) is 5.19. The molecule has 0 aliphatic heterocycles. The zero-order chi connectivity index (χ0) is 30.5. The number of halogens is 1. The fraction of sp³-hybridized carbons (Fsp3) is 0.387. The Kier molecular flexibility index (Phi) is 9.91. The van der Waals surface area contributed by atoms with Crippen LogP contribution in [0.3, 0.4) is 0 Å². The van der Waals surface area contributed by atoms with Gasteiger partial charge in [-0.3, -0.25) is 4.79 Å². The maximum atomic E-state index is 13.4. The number of ether oxygens (including phenoxy) is 1. The van der Waals surface area contributed by atoms with E-state index in [0.29, 0.717) is 65.4 Å². The lowest BCUT2D eigenvalue weighted by atomic mass is 9.81. The van der Waals surface area contributed by atoms with E-state index in [1.54, 1.807) is 42.5 Å². The number of carboxylic acid groups (broad SMARTS) is 1. The van der Waals surface area contributed by atoms with Gasteiger partial charge in [-0.2, -0.15) is 0 Å². The van der Waals surface area contributed by atoms with E-state index in [-0.39, 0.29) is 10.6 Å². The van der Waals surface area contributed by atoms with Crippen molar-refractivity contribution >= 4 is 33.3 Å². The van der Waals surface area contributed by atoms with Crippen molar-refractivity contribution in [2.45, 2.75) is 49.0 Å². The van der Waals surface area contributed by atoms with E-state index in [2.05, 4.69) is 15.2 Å². The van der Waals surface area contributed by atoms with Crippen LogP contribution < -0.4 is 10.1 Å². The summed E-state index contributed by atoms with van der Waals surface area (Å²) < 4.78 is 31.3. The highest BCUT2D eigenvalue weighted by Crippen LogP contribution is 2.38. The van der Waals surface area contributed by atoms with Gasteiger partial charge in [0.2, 0.25) is 0 Å². The molecule has 0 radical (unpaired) electrons. The number of rotatable bonds is 11. The largest absolute Gasteiger partial charge is 0.492 e. The zero-order valence-corrected chi connectivity index (χ0v) is 25.6. The van der Waals surface area contributed by atoms with Gasteiger partial charge in [0.25, 0.3) is 5.91 Å². The van der Waals surface area contributed by atoms with E-state index in [9.17, 15) is 23.1 Å². The number of amides is 1. The van der Waals surface area contributed by atoms with Crippen molar-refractivity contribution in [2.24, 2.45) is 0 Å². The van der Waals surface area contributed by atoms with Gasteiger partial charge in [-0.15, -0.1) is 0 Å². The molecule has 9 nitrogen and oxygen atoms in total. The lowest BCUT2D eigenvalue weighted by molar-refractivity contribution is -0.145. The molecule has 1 aliphatic carbocycles. The number of aliphatic carboxylic acids is 1. The predicted molar refractivity (Wildman–Crippen MR) is 163 cm³/mol. The van der Waals surface area contributed by atoms with Gasteiger partial charge >= 0.3 is 5.97 Å². The Bertz CT molecular complexity index is 1570. The maximum Gasteiger partial charge on any atom is 0.329 e. The van der Waals surface area contributed by atoms with Crippen molar-refractivity contribution in [3.05, 3.63) is 65.3 Å². The summed E-state index contributed by atoms with van der Waals surface area (Å²) in [5, 5.41) is 13.1. The van der Waals surface area contributed by atoms with Gasteiger partial charge in [0.15, 0.2) is 9.84 Å². The molecule has 0 bridgehead atoms. The van der Waals surface area contributed by atoms with Crippen LogP contribution in [0.1, 0.15) is 49.0 Å². The van der Waals surface area contributed by atoms with Crippen molar-refractivity contribution in [3.63, 3.8) is 0 Å². The van der Waals surface area contributed by atoms with E-state index >= 15 is 0 Å². The van der Waals surface area contributed by atoms with Crippen LogP contribution in [0.2, 0.25) is 5.02 Å². The second-order valence-corrected chi connectivity index (χ2v) is 13.3. The van der Waals surface area contributed by atoms with E-state index in [1.807, 2.05) is 14.1 Å². The highest BCUT2D eigenvalue weighted by molar-refractivity contribution is 7.90. The standard InChI is InChI=1S/C31H36ClN3O6S/c1-35(2)18-9-19-41-26-20-21(12-14-24(26)32)28-23(22-10-5-6-11-27(22)42(3,39)40)13-15-25(33-28)29(36)34-31(30(37)38)16-7-4-8-17-31/h5-6,10-15,20H,4,7-9,16-19H2,1-3H3,(H,34,36)(H,37,38). The quantitative estimate of drug-likeness (QED) is 0.278. The van der Waals surface area contributed by atoms with Crippen LogP contribution >= 0.6 is 11.6 Å². The molecule has 0 atom stereocenters. The Hall–Kier alpha value is -3.47. The van der Waals surface area contributed by atoms with Crippen molar-refractivity contribution in [2.75, 3.05) is 33.5 Å². The number of hydrogen-bond donors (Lipinski definition) is 2. The first-order valence-corrected chi connectivity index (χ1v) is 16.1. The highest BCUT2D eigenvalue weighted by Gasteiger charge is 2.41. The fourth-order valence-corrected chi connectivity index (χ4v) is 6.26. The molecule has 1 aromatic heterocycles. The molecule has 0 unspecified atom stereocenters. The van der Waals surface area contributed by atoms with Gasteiger partial charge in [0.1, 0.15) is 17.0 Å². The Morgan fingerprint density at radius 2 is 1.76 bits per heavy atom. The number of aromatic nitrogens is 1. The summed E-state index contributed by atoms with van der Waals surface area (Å²) in [4.78, 5) is 32.5. The monoisotopic (exact) mass is 613 g/mol. The second kappa shape index (κ2) is 13.2. The van der Waals surface area contributed by atoms with Crippen LogP contribution in [0, 0.1) is 0 Å². The summed E-state index contributed by atoms with van der Waals surface area (Å²) in [6.07, 6.45) is 4.91. The Balaban J connectivity index is 1.80. The molecular formula is C31H36ClN3O6S. The van der Waals surface area contributed by atoms with Gasteiger partial charge in [-0.1, -0.05) is 55.1 Å². The Morgan fingerprint density at radius 1 is 1.05 bits per heavy atom. The molecule has 1 heterocycles. The number of benzene rings is 2. The third kappa shape index (κ3) is 7.29. The van der Waals surface area contributed by atoms with Crippen molar-refractivity contribution in [3.8, 4) is 28.1 Å². The lowest BCUT2D eigenvalue weighted by Gasteiger charge is -2.33. The number of pyridine rings is 1. The van der Waals surface area contributed by atoms with Crippen LogP contribution in [0.15, 0.2) is 59.5 Å². The minimum atomic E-state index is -3.60. The molecule has 1 aliphatic rings. The van der Waals surface area contributed by atoms with Crippen molar-refractivity contribution in [1.29, 1.82) is 0 Å². The van der Waals surface area contributed by atoms with Crippen LogP contribution in [0.25, 0.3) is 22.4 Å². The number of nitrogens with zero attached hydrogens (tertiary/aromatic N) is 2. The minimum absolute atomic E-state index is 0.0141. The second-order valence-electron chi connectivity index (χ2n) is 10.9. The summed E-state index contributed by atoms with van der Waals surface area (Å²) in [6, 6.07) is 14.8. The van der Waals surface area contributed by atoms with E-state index < -0.39 is 27.3 Å². The van der Waals surface area contributed by atoms with Crippen molar-refractivity contribution < 1.29 is 27.9 Å². The average Bonchev–Trinajstić information content (AvgIpc) is 2.95. The van der Waals surface area contributed by atoms with E-state index in [4.69, 9.17) is 16.3 Å². The summed E-state index contributed by atoms with van der Waals surface area (Å²) in [5.74, 6) is -1.25. The Labute approximate surface area is 251 Å². The van der Waals surface area contributed by atoms with Gasteiger partial charge in [-0.25, -0.2) is 18.2 Å². The molecule has 11 heteroatoms. The SMILES string of the molecule is CN(C)CCCOc1cc(-c2nc(C(=O)NC3(C(=O)O)CCCCC3)ccc2-c2ccccc2S(C)(=O)=O)ccc1Cl. The lowest BCUT2D eigenvalue weighted by Crippen LogP contribution is -2.55. The molecule has 0 saturated heterocycles. The maximum absolute atomic E-state index is 13.4. The first kappa shape index (κ1) is 31.5. The Morgan fingerprint density at radius 3 is 2.43 bits per heavy atom. The minimum Gasteiger partial charge on any atom is -0.492 e. The smallest absolute Gasteiger partial charge is 0.329 e. The van der Waals surface area contributed by atoms with E-state index in [1.165, 1.54) is 12.1 Å². The highest BCUT2D eigenvalue weighted by atomic mass is 35.5. The molecule has 3 aromatic rings. The van der Waals surface area contributed by atoms with Gasteiger partial charge in [0, 0.05) is 29.5 Å². The topological polar surface area (TPSA) is 126 Å². The summed E-state index contributed by atoms with van der Waals surface area (Å²) in [7, 11) is 0.351. The molecule has 2 aromatic carbocycles. The molecule has 4 rings (SSSR count). The molecule has 42 heavy (non-hydrogen) atoms. The normalized spacial score (nSPS) is 14.9. The van der Waals surface area contributed by atoms with Crippen molar-refractivity contribution in [1.82, 2.24) is 15.2 Å². The zero-order valence-electron chi connectivity index (χ0n) is 24.0. The molecule has 2 N–H and O–H groups in total. The van der Waals surface area contributed by atoms with Gasteiger partial charge < -0.3 is 20.1 Å². The van der Waals surface area contributed by atoms with E-state index in [0.717, 1.165) is 25.6 Å². The number of carboxylic acids is 1. The van der Waals surface area contributed by atoms with Gasteiger partial charge in [-0.05, 0) is 63.7 Å². The molecule has 1 fully saturated rings. The van der Waals surface area contributed by atoms with Crippen LogP contribution in [0.5, 0.6) is 5.75 Å². The third-order valence-corrected chi connectivity index (χ3v) is 8.85. The predicted octanol–water partition coefficient (Wildman–Crippen LogP) is 5.32. The van der Waals surface area contributed by atoms with Gasteiger partial charge in [0.05, 0.1) is 22.2 Å². The number of carbonyl (C=O) groups excluding carboxylic acids is 1. The summed E-state index contributed by atoms with van der Waals surface area (Å²) >= 11 is 6.45. The number of hydrogen-bond acceptors (Lipinski definition) is 7. The summed E-state index contributed by atoms with van der Waals surface area (Å²) in [6.45, 7) is 1.26. The van der Waals surface area contributed by atoms with Crippen LogP contribution in [-0.4, -0.2) is 74.3 Å². The first-order valence-electron chi connectivity index (χ1n) is 13.9. The van der Waals surface area contributed by atoms with Crippen LogP contribution in [0.4, 0.5) is 0 Å². The molecule has 1 amide bonds. The number of nitrogens with one attached hydrogen (secondary N) is 1. The molecule has 0 spiro atoms. The summed E-state index contributed by atoms with van der Waals surface area (Å²) in [5.41, 5.74) is 0.459. The average molecular weight is 614 g/mol. The third-order valence-electron chi connectivity index (χ3n) is 7.39. The number of carbonyl (C=O) groups is 2. The number of sulfone groups is 1.